The number of carbonyl (C=O) groups is 2. The van der Waals surface area contributed by atoms with Gasteiger partial charge in [-0.3, -0.25) is 4.79 Å². The normalized spacial score (nSPS) is 25.2. The lowest BCUT2D eigenvalue weighted by molar-refractivity contribution is -0.155. The molecule has 0 radical (unpaired) electrons. The molecule has 1 amide bonds. The molecule has 1 aromatic carbocycles. The molecule has 0 bridgehead atoms. The monoisotopic (exact) mass is 358 g/mol. The number of hydrogen-bond acceptors (Lipinski definition) is 6. The molecule has 130 valence electrons. The highest BCUT2D eigenvalue weighted by Gasteiger charge is 2.53. The number of thioether (sulfide) groups is 1. The van der Waals surface area contributed by atoms with Crippen molar-refractivity contribution in [3.63, 3.8) is 0 Å². The lowest BCUT2D eigenvalue weighted by Crippen LogP contribution is -2.46. The van der Waals surface area contributed by atoms with Gasteiger partial charge in [0.1, 0.15) is 6.04 Å². The SMILES string of the molecule is C[C@@]12CCC(=O)N1[C@@H](C(=O)OCc1ncc(-c3ccccc3)o1)CS2. The van der Waals surface area contributed by atoms with Crippen molar-refractivity contribution in [1.82, 2.24) is 9.88 Å². The van der Waals surface area contributed by atoms with Crippen LogP contribution in [0.5, 0.6) is 0 Å². The summed E-state index contributed by atoms with van der Waals surface area (Å²) >= 11 is 1.64. The van der Waals surface area contributed by atoms with Gasteiger partial charge in [0.05, 0.1) is 11.1 Å². The minimum absolute atomic E-state index is 0.0249. The van der Waals surface area contributed by atoms with Gasteiger partial charge in [0.2, 0.25) is 11.8 Å². The molecule has 7 heteroatoms. The molecule has 4 rings (SSSR count). The van der Waals surface area contributed by atoms with Crippen LogP contribution >= 0.6 is 11.8 Å². The number of carbonyl (C=O) groups excluding carboxylic acids is 2. The highest BCUT2D eigenvalue weighted by molar-refractivity contribution is 8.01. The van der Waals surface area contributed by atoms with E-state index in [1.165, 1.54) is 0 Å². The Bertz CT molecular complexity index is 806. The minimum atomic E-state index is -0.520. The average molecular weight is 358 g/mol. The van der Waals surface area contributed by atoms with Crippen LogP contribution in [0.2, 0.25) is 0 Å². The number of fused-ring (bicyclic) bond motifs is 1. The highest BCUT2D eigenvalue weighted by atomic mass is 32.2. The number of benzene rings is 1. The second kappa shape index (κ2) is 6.22. The highest BCUT2D eigenvalue weighted by Crippen LogP contribution is 2.47. The molecule has 2 aliphatic rings. The fourth-order valence-electron chi connectivity index (χ4n) is 3.34. The molecular formula is C18H18N2O4S. The number of oxazole rings is 1. The van der Waals surface area contributed by atoms with Gasteiger partial charge in [0, 0.05) is 17.7 Å². The van der Waals surface area contributed by atoms with E-state index in [-0.39, 0.29) is 17.4 Å². The molecule has 0 unspecified atom stereocenters. The molecule has 6 nitrogen and oxygen atoms in total. The Labute approximate surface area is 149 Å². The Kier molecular flexibility index (Phi) is 4.03. The number of esters is 1. The van der Waals surface area contributed by atoms with Gasteiger partial charge in [-0.1, -0.05) is 30.3 Å². The van der Waals surface area contributed by atoms with Crippen LogP contribution < -0.4 is 0 Å². The topological polar surface area (TPSA) is 72.6 Å². The van der Waals surface area contributed by atoms with E-state index in [0.717, 1.165) is 12.0 Å². The van der Waals surface area contributed by atoms with E-state index in [1.807, 2.05) is 37.3 Å². The van der Waals surface area contributed by atoms with Crippen molar-refractivity contribution in [2.75, 3.05) is 5.75 Å². The Morgan fingerprint density at radius 1 is 1.44 bits per heavy atom. The molecule has 0 spiro atoms. The quantitative estimate of drug-likeness (QED) is 0.783. The molecule has 2 atom stereocenters. The van der Waals surface area contributed by atoms with Crippen molar-refractivity contribution in [3.05, 3.63) is 42.4 Å². The fourth-order valence-corrected chi connectivity index (χ4v) is 4.75. The summed E-state index contributed by atoms with van der Waals surface area (Å²) < 4.78 is 11.0. The molecule has 0 aliphatic carbocycles. The van der Waals surface area contributed by atoms with E-state index in [9.17, 15) is 9.59 Å². The molecule has 2 saturated heterocycles. The molecule has 0 saturated carbocycles. The van der Waals surface area contributed by atoms with Crippen molar-refractivity contribution in [2.45, 2.75) is 37.3 Å². The van der Waals surface area contributed by atoms with Gasteiger partial charge in [-0.05, 0) is 13.3 Å². The smallest absolute Gasteiger partial charge is 0.330 e. The third kappa shape index (κ3) is 2.93. The van der Waals surface area contributed by atoms with Gasteiger partial charge >= 0.3 is 5.97 Å². The van der Waals surface area contributed by atoms with Crippen LogP contribution in [0.25, 0.3) is 11.3 Å². The van der Waals surface area contributed by atoms with Gasteiger partial charge in [-0.15, -0.1) is 11.8 Å². The van der Waals surface area contributed by atoms with E-state index in [4.69, 9.17) is 9.15 Å². The number of nitrogens with zero attached hydrogens (tertiary/aromatic N) is 2. The van der Waals surface area contributed by atoms with Crippen molar-refractivity contribution in [2.24, 2.45) is 0 Å². The first-order valence-electron chi connectivity index (χ1n) is 8.20. The van der Waals surface area contributed by atoms with Gasteiger partial charge in [0.25, 0.3) is 0 Å². The van der Waals surface area contributed by atoms with Crippen molar-refractivity contribution in [3.8, 4) is 11.3 Å². The van der Waals surface area contributed by atoms with E-state index in [1.54, 1.807) is 22.9 Å². The van der Waals surface area contributed by atoms with Crippen molar-refractivity contribution >= 4 is 23.6 Å². The maximum Gasteiger partial charge on any atom is 0.330 e. The molecule has 2 aliphatic heterocycles. The number of aromatic nitrogens is 1. The first-order chi connectivity index (χ1) is 12.1. The largest absolute Gasteiger partial charge is 0.454 e. The maximum atomic E-state index is 12.4. The fraction of sp³-hybridized carbons (Fsp3) is 0.389. The summed E-state index contributed by atoms with van der Waals surface area (Å²) in [6.07, 6.45) is 2.89. The summed E-state index contributed by atoms with van der Waals surface area (Å²) in [7, 11) is 0. The van der Waals surface area contributed by atoms with Crippen LogP contribution in [-0.2, 0) is 20.9 Å². The van der Waals surface area contributed by atoms with Crippen LogP contribution in [0.1, 0.15) is 25.7 Å². The van der Waals surface area contributed by atoms with Crippen LogP contribution in [-0.4, -0.2) is 38.4 Å². The summed E-state index contributed by atoms with van der Waals surface area (Å²) in [6.45, 7) is 1.97. The minimum Gasteiger partial charge on any atom is -0.454 e. The second-order valence-corrected chi connectivity index (χ2v) is 7.86. The van der Waals surface area contributed by atoms with Gasteiger partial charge in [-0.2, -0.15) is 0 Å². The van der Waals surface area contributed by atoms with Gasteiger partial charge in [0.15, 0.2) is 12.4 Å². The average Bonchev–Trinajstić information content (AvgIpc) is 3.30. The van der Waals surface area contributed by atoms with E-state index in [2.05, 4.69) is 4.98 Å². The van der Waals surface area contributed by atoms with Gasteiger partial charge in [-0.25, -0.2) is 9.78 Å². The lowest BCUT2D eigenvalue weighted by Gasteiger charge is -2.29. The second-order valence-electron chi connectivity index (χ2n) is 6.36. The number of hydrogen-bond donors (Lipinski definition) is 0. The summed E-state index contributed by atoms with van der Waals surface area (Å²) in [6, 6.07) is 9.08. The first kappa shape index (κ1) is 16.2. The molecule has 1 aromatic heterocycles. The van der Waals surface area contributed by atoms with E-state index < -0.39 is 12.0 Å². The first-order valence-corrected chi connectivity index (χ1v) is 9.18. The van der Waals surface area contributed by atoms with Crippen LogP contribution in [0, 0.1) is 0 Å². The van der Waals surface area contributed by atoms with Crippen LogP contribution in [0.4, 0.5) is 0 Å². The van der Waals surface area contributed by atoms with Crippen molar-refractivity contribution in [1.29, 1.82) is 0 Å². The summed E-state index contributed by atoms with van der Waals surface area (Å²) in [5.74, 6) is 1.17. The predicted molar refractivity (Wildman–Crippen MR) is 92.5 cm³/mol. The number of ether oxygens (including phenoxy) is 1. The maximum absolute atomic E-state index is 12.4. The Hall–Kier alpha value is -2.28. The van der Waals surface area contributed by atoms with E-state index in [0.29, 0.717) is 23.8 Å². The zero-order valence-electron chi connectivity index (χ0n) is 13.8. The molecule has 2 aromatic rings. The third-order valence-corrected chi connectivity index (χ3v) is 6.17. The summed E-state index contributed by atoms with van der Waals surface area (Å²) in [5, 5.41) is 0. The van der Waals surface area contributed by atoms with Gasteiger partial charge < -0.3 is 14.1 Å². The zero-order valence-corrected chi connectivity index (χ0v) is 14.6. The van der Waals surface area contributed by atoms with E-state index >= 15 is 0 Å². The summed E-state index contributed by atoms with van der Waals surface area (Å²) in [5.41, 5.74) is 0.915. The number of rotatable bonds is 4. The van der Waals surface area contributed by atoms with Crippen LogP contribution in [0.3, 0.4) is 0 Å². The third-order valence-electron chi connectivity index (χ3n) is 4.67. The van der Waals surface area contributed by atoms with Crippen LogP contribution in [0.15, 0.2) is 40.9 Å². The molecule has 3 heterocycles. The molecular weight excluding hydrogens is 340 g/mol. The molecule has 2 fully saturated rings. The zero-order chi connectivity index (χ0) is 17.4. The Morgan fingerprint density at radius 3 is 3.04 bits per heavy atom. The molecule has 0 N–H and O–H groups in total. The Balaban J connectivity index is 1.40. The number of amides is 1. The lowest BCUT2D eigenvalue weighted by atomic mass is 10.2. The predicted octanol–water partition coefficient (Wildman–Crippen LogP) is 2.84. The van der Waals surface area contributed by atoms with Crippen molar-refractivity contribution < 1.29 is 18.7 Å². The molecule has 25 heavy (non-hydrogen) atoms. The Morgan fingerprint density at radius 2 is 2.24 bits per heavy atom. The summed E-state index contributed by atoms with van der Waals surface area (Å²) in [4.78, 5) is 30.1. The standard InChI is InChI=1S/C18H18N2O4S/c1-18-8-7-16(21)20(18)13(11-25-18)17(22)23-10-15-19-9-14(24-15)12-5-3-2-4-6-12/h2-6,9,13H,7-8,10-11H2,1H3/t13-,18-/m1/s1.